The predicted octanol–water partition coefficient (Wildman–Crippen LogP) is 3.11. The molecule has 0 saturated heterocycles. The molecule has 96 valence electrons. The first-order chi connectivity index (χ1) is 7.49. The standard InChI is InChI=1S/C13H20N2O.ClH/c1-9(2)8-13(16)15-12-6-4-11(5-7-12)10(3)14;/h4-7,9-10H,8,14H2,1-3H3,(H,15,16);1H. The molecule has 0 spiro atoms. The van der Waals surface area contributed by atoms with Crippen LogP contribution in [0.3, 0.4) is 0 Å². The van der Waals surface area contributed by atoms with Crippen molar-refractivity contribution in [2.24, 2.45) is 11.7 Å². The third kappa shape index (κ3) is 5.71. The molecule has 1 atom stereocenters. The summed E-state index contributed by atoms with van der Waals surface area (Å²) in [7, 11) is 0. The quantitative estimate of drug-likeness (QED) is 0.870. The van der Waals surface area contributed by atoms with Crippen LogP contribution in [0.1, 0.15) is 38.8 Å². The van der Waals surface area contributed by atoms with Gasteiger partial charge in [-0.3, -0.25) is 4.79 Å². The third-order valence-electron chi connectivity index (χ3n) is 2.31. The molecule has 1 aromatic carbocycles. The predicted molar refractivity (Wildman–Crippen MR) is 74.4 cm³/mol. The van der Waals surface area contributed by atoms with Crippen molar-refractivity contribution in [3.8, 4) is 0 Å². The van der Waals surface area contributed by atoms with Gasteiger partial charge in [0.2, 0.25) is 5.91 Å². The van der Waals surface area contributed by atoms with E-state index in [1.807, 2.05) is 45.0 Å². The number of carbonyl (C=O) groups is 1. The number of anilines is 1. The van der Waals surface area contributed by atoms with E-state index in [9.17, 15) is 4.79 Å². The monoisotopic (exact) mass is 256 g/mol. The normalized spacial score (nSPS) is 11.8. The van der Waals surface area contributed by atoms with Gasteiger partial charge >= 0.3 is 0 Å². The zero-order valence-corrected chi connectivity index (χ0v) is 11.4. The lowest BCUT2D eigenvalue weighted by Gasteiger charge is -2.09. The van der Waals surface area contributed by atoms with Gasteiger partial charge in [0, 0.05) is 18.2 Å². The lowest BCUT2D eigenvalue weighted by Crippen LogP contribution is -2.14. The molecule has 0 radical (unpaired) electrons. The number of nitrogens with one attached hydrogen (secondary N) is 1. The molecule has 1 amide bonds. The Hall–Kier alpha value is -1.06. The van der Waals surface area contributed by atoms with Crippen LogP contribution < -0.4 is 11.1 Å². The van der Waals surface area contributed by atoms with Gasteiger partial charge in [-0.1, -0.05) is 26.0 Å². The van der Waals surface area contributed by atoms with Gasteiger partial charge in [-0.25, -0.2) is 0 Å². The summed E-state index contributed by atoms with van der Waals surface area (Å²) in [6.07, 6.45) is 0.551. The Labute approximate surface area is 109 Å². The van der Waals surface area contributed by atoms with Crippen LogP contribution in [0, 0.1) is 5.92 Å². The zero-order valence-electron chi connectivity index (χ0n) is 10.6. The highest BCUT2D eigenvalue weighted by Crippen LogP contribution is 2.14. The molecule has 3 nitrogen and oxygen atoms in total. The number of halogens is 1. The van der Waals surface area contributed by atoms with Crippen LogP contribution in [-0.2, 0) is 4.79 Å². The Morgan fingerprint density at radius 3 is 2.18 bits per heavy atom. The first-order valence-electron chi connectivity index (χ1n) is 5.64. The summed E-state index contributed by atoms with van der Waals surface area (Å²) in [5.74, 6) is 0.437. The van der Waals surface area contributed by atoms with Crippen molar-refractivity contribution >= 4 is 24.0 Å². The molecule has 1 unspecified atom stereocenters. The molecule has 0 fully saturated rings. The number of hydrogen-bond donors (Lipinski definition) is 2. The Morgan fingerprint density at radius 2 is 1.76 bits per heavy atom. The van der Waals surface area contributed by atoms with Gasteiger partial charge in [-0.15, -0.1) is 12.4 Å². The Bertz CT molecular complexity index is 347. The maximum atomic E-state index is 11.5. The fourth-order valence-corrected chi connectivity index (χ4v) is 1.45. The maximum absolute atomic E-state index is 11.5. The van der Waals surface area contributed by atoms with E-state index in [4.69, 9.17) is 5.73 Å². The highest BCUT2D eigenvalue weighted by molar-refractivity contribution is 5.90. The Balaban J connectivity index is 0.00000256. The first-order valence-corrected chi connectivity index (χ1v) is 5.64. The molecule has 0 aliphatic carbocycles. The molecule has 0 bridgehead atoms. The van der Waals surface area contributed by atoms with Crippen molar-refractivity contribution < 1.29 is 4.79 Å². The van der Waals surface area contributed by atoms with Gasteiger partial charge in [0.15, 0.2) is 0 Å². The fourth-order valence-electron chi connectivity index (χ4n) is 1.45. The van der Waals surface area contributed by atoms with Gasteiger partial charge in [-0.05, 0) is 30.5 Å². The van der Waals surface area contributed by atoms with Crippen LogP contribution in [0.15, 0.2) is 24.3 Å². The summed E-state index contributed by atoms with van der Waals surface area (Å²) in [5.41, 5.74) is 7.64. The van der Waals surface area contributed by atoms with Crippen molar-refractivity contribution in [1.29, 1.82) is 0 Å². The molecule has 17 heavy (non-hydrogen) atoms. The summed E-state index contributed by atoms with van der Waals surface area (Å²) >= 11 is 0. The van der Waals surface area contributed by atoms with Crippen LogP contribution in [0.2, 0.25) is 0 Å². The molecular weight excluding hydrogens is 236 g/mol. The number of hydrogen-bond acceptors (Lipinski definition) is 2. The van der Waals surface area contributed by atoms with Crippen molar-refractivity contribution in [2.75, 3.05) is 5.32 Å². The fraction of sp³-hybridized carbons (Fsp3) is 0.462. The van der Waals surface area contributed by atoms with E-state index in [0.717, 1.165) is 11.3 Å². The average Bonchev–Trinajstić information content (AvgIpc) is 2.16. The summed E-state index contributed by atoms with van der Waals surface area (Å²) < 4.78 is 0. The number of amides is 1. The Kier molecular flexibility index (Phi) is 6.85. The highest BCUT2D eigenvalue weighted by atomic mass is 35.5. The lowest BCUT2D eigenvalue weighted by molar-refractivity contribution is -0.116. The van der Waals surface area contributed by atoms with E-state index < -0.39 is 0 Å². The minimum atomic E-state index is 0. The topological polar surface area (TPSA) is 55.1 Å². The number of carbonyl (C=O) groups excluding carboxylic acids is 1. The van der Waals surface area contributed by atoms with Crippen LogP contribution >= 0.6 is 12.4 Å². The highest BCUT2D eigenvalue weighted by Gasteiger charge is 2.05. The third-order valence-corrected chi connectivity index (χ3v) is 2.31. The number of rotatable bonds is 4. The van der Waals surface area contributed by atoms with E-state index in [1.54, 1.807) is 0 Å². The zero-order chi connectivity index (χ0) is 12.1. The molecule has 0 aliphatic rings. The molecule has 3 N–H and O–H groups in total. The lowest BCUT2D eigenvalue weighted by atomic mass is 10.1. The van der Waals surface area contributed by atoms with Crippen LogP contribution in [0.5, 0.6) is 0 Å². The van der Waals surface area contributed by atoms with Gasteiger partial charge < -0.3 is 11.1 Å². The van der Waals surface area contributed by atoms with Crippen LogP contribution in [0.4, 0.5) is 5.69 Å². The summed E-state index contributed by atoms with van der Waals surface area (Å²) in [5, 5.41) is 2.86. The summed E-state index contributed by atoms with van der Waals surface area (Å²) in [6, 6.07) is 7.68. The minimum Gasteiger partial charge on any atom is -0.326 e. The van der Waals surface area contributed by atoms with E-state index >= 15 is 0 Å². The minimum absolute atomic E-state index is 0. The van der Waals surface area contributed by atoms with Crippen molar-refractivity contribution in [2.45, 2.75) is 33.2 Å². The van der Waals surface area contributed by atoms with Gasteiger partial charge in [-0.2, -0.15) is 0 Å². The van der Waals surface area contributed by atoms with Crippen LogP contribution in [0.25, 0.3) is 0 Å². The molecule has 0 aliphatic heterocycles. The van der Waals surface area contributed by atoms with Gasteiger partial charge in [0.1, 0.15) is 0 Å². The average molecular weight is 257 g/mol. The smallest absolute Gasteiger partial charge is 0.224 e. The second-order valence-corrected chi connectivity index (χ2v) is 4.56. The first kappa shape index (κ1) is 15.9. The molecule has 0 saturated carbocycles. The molecule has 1 rings (SSSR count). The van der Waals surface area contributed by atoms with E-state index in [1.165, 1.54) is 0 Å². The molecule has 0 heterocycles. The summed E-state index contributed by atoms with van der Waals surface area (Å²) in [6.45, 7) is 5.99. The molecular formula is C13H21ClN2O. The van der Waals surface area contributed by atoms with Gasteiger partial charge in [0.05, 0.1) is 0 Å². The van der Waals surface area contributed by atoms with Crippen molar-refractivity contribution in [3.63, 3.8) is 0 Å². The second kappa shape index (κ2) is 7.30. The number of nitrogens with two attached hydrogens (primary N) is 1. The second-order valence-electron chi connectivity index (χ2n) is 4.56. The Morgan fingerprint density at radius 1 is 1.24 bits per heavy atom. The van der Waals surface area contributed by atoms with Gasteiger partial charge in [0.25, 0.3) is 0 Å². The molecule has 4 heteroatoms. The summed E-state index contributed by atoms with van der Waals surface area (Å²) in [4.78, 5) is 11.5. The van der Waals surface area contributed by atoms with E-state index in [0.29, 0.717) is 12.3 Å². The van der Waals surface area contributed by atoms with E-state index in [-0.39, 0.29) is 24.4 Å². The van der Waals surface area contributed by atoms with Crippen molar-refractivity contribution in [3.05, 3.63) is 29.8 Å². The largest absolute Gasteiger partial charge is 0.326 e. The SMILES string of the molecule is CC(C)CC(=O)Nc1ccc(C(C)N)cc1.Cl. The molecule has 1 aromatic rings. The van der Waals surface area contributed by atoms with Crippen LogP contribution in [-0.4, -0.2) is 5.91 Å². The van der Waals surface area contributed by atoms with E-state index in [2.05, 4.69) is 5.32 Å². The van der Waals surface area contributed by atoms with Crippen molar-refractivity contribution in [1.82, 2.24) is 0 Å². The molecule has 0 aromatic heterocycles. The maximum Gasteiger partial charge on any atom is 0.224 e. The number of benzene rings is 1.